The number of aliphatic imine (C=N–C) groups is 1. The number of hydrogen-bond donors (Lipinski definition) is 0. The zero-order valence-electron chi connectivity index (χ0n) is 30.9. The van der Waals surface area contributed by atoms with Crippen molar-refractivity contribution in [1.82, 2.24) is 9.80 Å². The number of fused-ring (bicyclic) bond motifs is 2. The molecule has 0 N–H and O–H groups in total. The molecule has 2 aliphatic rings. The lowest BCUT2D eigenvalue weighted by Gasteiger charge is -2.38. The SMILES string of the molecule is CCCCC(C=NCC(CCCC)(CCN1CCCCC1)c1cccc2ccccc12)(CCN1CCCCC1)c1cccc2ccccc12. The van der Waals surface area contributed by atoms with Crippen molar-refractivity contribution >= 4 is 27.8 Å². The van der Waals surface area contributed by atoms with E-state index in [4.69, 9.17) is 4.99 Å². The summed E-state index contributed by atoms with van der Waals surface area (Å²) < 4.78 is 0. The number of nitrogens with zero attached hydrogens (tertiary/aromatic N) is 3. The van der Waals surface area contributed by atoms with Crippen LogP contribution in [0.2, 0.25) is 0 Å². The summed E-state index contributed by atoms with van der Waals surface area (Å²) in [6.07, 6.45) is 20.1. The van der Waals surface area contributed by atoms with E-state index < -0.39 is 0 Å². The molecule has 3 heteroatoms. The molecule has 2 heterocycles. The molecule has 2 saturated heterocycles. The Kier molecular flexibility index (Phi) is 13.0. The third-order valence-corrected chi connectivity index (χ3v) is 12.1. The van der Waals surface area contributed by atoms with Gasteiger partial charge in [0.15, 0.2) is 0 Å². The highest BCUT2D eigenvalue weighted by Crippen LogP contribution is 2.41. The van der Waals surface area contributed by atoms with Crippen molar-refractivity contribution in [3.8, 4) is 0 Å². The van der Waals surface area contributed by atoms with Gasteiger partial charge in [-0.15, -0.1) is 0 Å². The normalized spacial score (nSPS) is 19.0. The second-order valence-corrected chi connectivity index (χ2v) is 15.5. The minimum absolute atomic E-state index is 0.00689. The van der Waals surface area contributed by atoms with E-state index in [9.17, 15) is 0 Å². The van der Waals surface area contributed by atoms with E-state index in [-0.39, 0.29) is 10.8 Å². The summed E-state index contributed by atoms with van der Waals surface area (Å²) in [6.45, 7) is 12.9. The largest absolute Gasteiger partial charge is 0.303 e. The van der Waals surface area contributed by atoms with Crippen molar-refractivity contribution in [1.29, 1.82) is 0 Å². The Hall–Kier alpha value is -3.01. The molecular weight excluding hydrogens is 595 g/mol. The molecule has 0 spiro atoms. The first-order chi connectivity index (χ1) is 24.2. The molecule has 2 fully saturated rings. The first kappa shape index (κ1) is 35.8. The van der Waals surface area contributed by atoms with Crippen LogP contribution < -0.4 is 0 Å². The highest BCUT2D eigenvalue weighted by molar-refractivity contribution is 5.91. The summed E-state index contributed by atoms with van der Waals surface area (Å²) in [5.41, 5.74) is 2.92. The molecule has 49 heavy (non-hydrogen) atoms. The van der Waals surface area contributed by atoms with Crippen LogP contribution in [0.1, 0.15) is 115 Å². The van der Waals surface area contributed by atoms with Crippen molar-refractivity contribution in [2.75, 3.05) is 45.8 Å². The summed E-state index contributed by atoms with van der Waals surface area (Å²) in [5.74, 6) is 0. The van der Waals surface area contributed by atoms with Crippen LogP contribution in [0.15, 0.2) is 89.9 Å². The monoisotopic (exact) mass is 658 g/mol. The maximum absolute atomic E-state index is 5.75. The van der Waals surface area contributed by atoms with Crippen LogP contribution in [-0.4, -0.2) is 61.8 Å². The lowest BCUT2D eigenvalue weighted by molar-refractivity contribution is 0.200. The first-order valence-electron chi connectivity index (χ1n) is 20.1. The maximum Gasteiger partial charge on any atom is 0.0483 e. The van der Waals surface area contributed by atoms with Crippen molar-refractivity contribution < 1.29 is 0 Å². The lowest BCUT2D eigenvalue weighted by atomic mass is 9.71. The molecule has 0 saturated carbocycles. The van der Waals surface area contributed by atoms with Crippen LogP contribution in [0.5, 0.6) is 0 Å². The van der Waals surface area contributed by atoms with Crippen LogP contribution >= 0.6 is 0 Å². The standard InChI is InChI=1S/C46H63N3/c1-3-5-27-45(29-35-48-31-13-7-14-32-48,43-25-17-21-39-19-9-11-23-41(39)43)37-47-38-46(28-6-4-2,30-36-49-33-15-8-16-34-49)44-26-18-22-40-20-10-12-24-42(40)44/h9-12,17-26,37H,3-8,13-16,27-36,38H2,1-2H3. The van der Waals surface area contributed by atoms with E-state index in [0.717, 1.165) is 25.9 Å². The fraction of sp³-hybridized carbons (Fsp3) is 0.543. The van der Waals surface area contributed by atoms with Crippen molar-refractivity contribution in [3.05, 3.63) is 96.1 Å². The third-order valence-electron chi connectivity index (χ3n) is 12.1. The van der Waals surface area contributed by atoms with E-state index in [2.05, 4.69) is 115 Å². The molecule has 0 aromatic heterocycles. The molecule has 2 unspecified atom stereocenters. The van der Waals surface area contributed by atoms with Crippen LogP contribution in [0.25, 0.3) is 21.5 Å². The fourth-order valence-corrected chi connectivity index (χ4v) is 9.08. The second kappa shape index (κ2) is 17.8. The Balaban J connectivity index is 1.43. The number of piperidine rings is 2. The summed E-state index contributed by atoms with van der Waals surface area (Å²) in [5, 5.41) is 5.54. The van der Waals surface area contributed by atoms with Gasteiger partial charge in [0.05, 0.1) is 0 Å². The van der Waals surface area contributed by atoms with Gasteiger partial charge in [-0.1, -0.05) is 137 Å². The fourth-order valence-electron chi connectivity index (χ4n) is 9.08. The quantitative estimate of drug-likeness (QED) is 0.105. The predicted octanol–water partition coefficient (Wildman–Crippen LogP) is 11.4. The molecule has 4 aromatic carbocycles. The number of hydrogen-bond acceptors (Lipinski definition) is 3. The van der Waals surface area contributed by atoms with Gasteiger partial charge < -0.3 is 9.80 Å². The minimum atomic E-state index is -0.0869. The van der Waals surface area contributed by atoms with Gasteiger partial charge in [0.25, 0.3) is 0 Å². The Labute approximate surface area is 298 Å². The Morgan fingerprint density at radius 2 is 1.06 bits per heavy atom. The molecule has 0 aliphatic carbocycles. The predicted molar refractivity (Wildman–Crippen MR) is 213 cm³/mol. The van der Waals surface area contributed by atoms with Gasteiger partial charge in [-0.2, -0.15) is 0 Å². The third kappa shape index (κ3) is 8.84. The van der Waals surface area contributed by atoms with E-state index in [1.165, 1.54) is 142 Å². The van der Waals surface area contributed by atoms with Crippen LogP contribution in [0, 0.1) is 0 Å². The molecule has 2 aliphatic heterocycles. The molecule has 2 atom stereocenters. The average molecular weight is 658 g/mol. The minimum Gasteiger partial charge on any atom is -0.303 e. The van der Waals surface area contributed by atoms with E-state index in [0.29, 0.717) is 0 Å². The number of benzene rings is 4. The molecule has 6 rings (SSSR count). The van der Waals surface area contributed by atoms with Gasteiger partial charge in [-0.3, -0.25) is 4.99 Å². The smallest absolute Gasteiger partial charge is 0.0483 e. The number of unbranched alkanes of at least 4 members (excludes halogenated alkanes) is 2. The molecule has 0 bridgehead atoms. The van der Waals surface area contributed by atoms with Crippen LogP contribution in [0.3, 0.4) is 0 Å². The molecule has 3 nitrogen and oxygen atoms in total. The first-order valence-corrected chi connectivity index (χ1v) is 20.1. The van der Waals surface area contributed by atoms with Gasteiger partial charge in [0.2, 0.25) is 0 Å². The van der Waals surface area contributed by atoms with Crippen molar-refractivity contribution in [3.63, 3.8) is 0 Å². The second-order valence-electron chi connectivity index (χ2n) is 15.5. The summed E-state index contributed by atoms with van der Waals surface area (Å²) >= 11 is 0. The van der Waals surface area contributed by atoms with Gasteiger partial charge in [0, 0.05) is 23.6 Å². The molecule has 0 radical (unpaired) electrons. The van der Waals surface area contributed by atoms with Crippen molar-refractivity contribution in [2.24, 2.45) is 4.99 Å². The zero-order chi connectivity index (χ0) is 33.8. The van der Waals surface area contributed by atoms with E-state index in [1.54, 1.807) is 0 Å². The van der Waals surface area contributed by atoms with Gasteiger partial charge in [-0.05, 0) is 123 Å². The van der Waals surface area contributed by atoms with Crippen molar-refractivity contribution in [2.45, 2.75) is 115 Å². The molecule has 4 aromatic rings. The summed E-state index contributed by atoms with van der Waals surface area (Å²) in [6, 6.07) is 32.3. The lowest BCUT2D eigenvalue weighted by Crippen LogP contribution is -2.39. The highest BCUT2D eigenvalue weighted by atomic mass is 15.1. The summed E-state index contributed by atoms with van der Waals surface area (Å²) in [7, 11) is 0. The zero-order valence-corrected chi connectivity index (χ0v) is 30.9. The topological polar surface area (TPSA) is 18.8 Å². The van der Waals surface area contributed by atoms with Gasteiger partial charge in [-0.25, -0.2) is 0 Å². The number of rotatable bonds is 17. The van der Waals surface area contributed by atoms with Crippen LogP contribution in [0.4, 0.5) is 0 Å². The average Bonchev–Trinajstić information content (AvgIpc) is 3.17. The molecular formula is C46H63N3. The molecule has 0 amide bonds. The van der Waals surface area contributed by atoms with Crippen LogP contribution in [-0.2, 0) is 10.8 Å². The van der Waals surface area contributed by atoms with E-state index >= 15 is 0 Å². The Bertz CT molecular complexity index is 1600. The summed E-state index contributed by atoms with van der Waals surface area (Å²) in [4.78, 5) is 11.2. The van der Waals surface area contributed by atoms with Gasteiger partial charge >= 0.3 is 0 Å². The Morgan fingerprint density at radius 1 is 0.551 bits per heavy atom. The Morgan fingerprint density at radius 3 is 1.67 bits per heavy atom. The highest BCUT2D eigenvalue weighted by Gasteiger charge is 2.36. The number of likely N-dealkylation sites (tertiary alicyclic amines) is 2. The maximum atomic E-state index is 5.75. The van der Waals surface area contributed by atoms with Gasteiger partial charge in [0.1, 0.15) is 0 Å². The molecule has 262 valence electrons. The van der Waals surface area contributed by atoms with E-state index in [1.807, 2.05) is 0 Å².